The lowest BCUT2D eigenvalue weighted by Crippen LogP contribution is -2.29. The molecule has 4 rings (SSSR count). The minimum Gasteiger partial charge on any atom is -0.504 e. The summed E-state index contributed by atoms with van der Waals surface area (Å²) in [5.41, 5.74) is 1.74. The summed E-state index contributed by atoms with van der Waals surface area (Å²) < 4.78 is 16.2. The second-order valence-electron chi connectivity index (χ2n) is 6.92. The van der Waals surface area contributed by atoms with Crippen molar-refractivity contribution in [3.05, 3.63) is 59.9 Å². The molecule has 140 valence electrons. The largest absolute Gasteiger partial charge is 0.504 e. The molecule has 1 amide bonds. The lowest BCUT2D eigenvalue weighted by molar-refractivity contribution is 0.0778. The molecule has 3 aromatic rings. The van der Waals surface area contributed by atoms with Crippen LogP contribution < -0.4 is 0 Å². The number of hydrogen-bond acceptors (Lipinski definition) is 4. The van der Waals surface area contributed by atoms with Crippen LogP contribution in [-0.2, 0) is 13.5 Å². The Balaban J connectivity index is 1.46. The van der Waals surface area contributed by atoms with Gasteiger partial charge in [0.1, 0.15) is 5.82 Å². The highest BCUT2D eigenvalue weighted by atomic mass is 19.1. The molecule has 27 heavy (non-hydrogen) atoms. The minimum atomic E-state index is -0.358. The van der Waals surface area contributed by atoms with Crippen LogP contribution in [0.3, 0.4) is 0 Å². The molecule has 0 saturated carbocycles. The van der Waals surface area contributed by atoms with Gasteiger partial charge in [-0.25, -0.2) is 9.07 Å². The van der Waals surface area contributed by atoms with Gasteiger partial charge in [-0.2, -0.15) is 10.2 Å². The number of halogens is 1. The number of aromatic hydroxyl groups is 1. The number of nitrogens with zero attached hydrogens (tertiary/aromatic N) is 5. The standard InChI is InChI=1S/C19H20FN5O2/c1-23-10-14(9-21-23)8-13-6-7-24(11-13)19(27)18-17(26)12-25(22-18)16-4-2-15(20)3-5-16/h2-5,9-10,12-13,26H,6-8,11H2,1H3. The van der Waals surface area contributed by atoms with E-state index in [0.717, 1.165) is 18.4 Å². The number of aryl methyl sites for hydroxylation is 1. The van der Waals surface area contributed by atoms with Gasteiger partial charge in [0, 0.05) is 26.3 Å². The maximum Gasteiger partial charge on any atom is 0.278 e. The molecule has 1 saturated heterocycles. The first-order valence-electron chi connectivity index (χ1n) is 8.81. The molecule has 1 atom stereocenters. The zero-order chi connectivity index (χ0) is 19.0. The van der Waals surface area contributed by atoms with E-state index in [1.165, 1.54) is 35.1 Å². The Bertz CT molecular complexity index is 963. The highest BCUT2D eigenvalue weighted by Gasteiger charge is 2.30. The summed E-state index contributed by atoms with van der Waals surface area (Å²) in [5.74, 6) is -0.468. The molecule has 0 bridgehead atoms. The van der Waals surface area contributed by atoms with Gasteiger partial charge in [-0.3, -0.25) is 9.48 Å². The van der Waals surface area contributed by atoms with Gasteiger partial charge < -0.3 is 10.0 Å². The molecule has 1 N–H and O–H groups in total. The first-order chi connectivity index (χ1) is 13.0. The van der Waals surface area contributed by atoms with Gasteiger partial charge in [0.05, 0.1) is 18.1 Å². The molecule has 1 unspecified atom stereocenters. The summed E-state index contributed by atoms with van der Waals surface area (Å²) in [7, 11) is 1.88. The molecule has 1 aliphatic rings. The molecule has 8 heteroatoms. The number of amides is 1. The van der Waals surface area contributed by atoms with E-state index in [2.05, 4.69) is 10.2 Å². The Morgan fingerprint density at radius 3 is 2.78 bits per heavy atom. The molecular formula is C19H20FN5O2. The summed E-state index contributed by atoms with van der Waals surface area (Å²) in [5, 5.41) is 18.5. The number of carbonyl (C=O) groups excluding carboxylic acids is 1. The molecule has 7 nitrogen and oxygen atoms in total. The van der Waals surface area contributed by atoms with Gasteiger partial charge in [-0.1, -0.05) is 0 Å². The van der Waals surface area contributed by atoms with Gasteiger partial charge in [-0.05, 0) is 48.6 Å². The van der Waals surface area contributed by atoms with Crippen molar-refractivity contribution in [1.82, 2.24) is 24.5 Å². The van der Waals surface area contributed by atoms with Crippen LogP contribution >= 0.6 is 0 Å². The third-order valence-corrected chi connectivity index (χ3v) is 4.84. The summed E-state index contributed by atoms with van der Waals surface area (Å²) in [6.45, 7) is 1.25. The Morgan fingerprint density at radius 1 is 1.30 bits per heavy atom. The third kappa shape index (κ3) is 3.55. The highest BCUT2D eigenvalue weighted by molar-refractivity contribution is 5.95. The van der Waals surface area contributed by atoms with Gasteiger partial charge in [-0.15, -0.1) is 0 Å². The maximum absolute atomic E-state index is 13.1. The van der Waals surface area contributed by atoms with E-state index in [1.807, 2.05) is 19.4 Å². The smallest absolute Gasteiger partial charge is 0.278 e. The summed E-state index contributed by atoms with van der Waals surface area (Å²) in [6, 6.07) is 5.68. The van der Waals surface area contributed by atoms with Crippen molar-refractivity contribution in [2.45, 2.75) is 12.8 Å². The monoisotopic (exact) mass is 369 g/mol. The van der Waals surface area contributed by atoms with Crippen LogP contribution in [0.4, 0.5) is 4.39 Å². The van der Waals surface area contributed by atoms with Crippen LogP contribution in [0.25, 0.3) is 5.69 Å². The van der Waals surface area contributed by atoms with Gasteiger partial charge >= 0.3 is 0 Å². The third-order valence-electron chi connectivity index (χ3n) is 4.84. The summed E-state index contributed by atoms with van der Waals surface area (Å²) in [4.78, 5) is 14.5. The molecule has 0 radical (unpaired) electrons. The topological polar surface area (TPSA) is 76.2 Å². The Labute approximate surface area is 155 Å². The van der Waals surface area contributed by atoms with Gasteiger partial charge in [0.15, 0.2) is 11.4 Å². The lowest BCUT2D eigenvalue weighted by Gasteiger charge is -2.15. The van der Waals surface area contributed by atoms with Crippen LogP contribution in [0.15, 0.2) is 42.9 Å². The fourth-order valence-electron chi connectivity index (χ4n) is 3.49. The Morgan fingerprint density at radius 2 is 2.07 bits per heavy atom. The van der Waals surface area contributed by atoms with Crippen LogP contribution in [0.2, 0.25) is 0 Å². The predicted molar refractivity (Wildman–Crippen MR) is 96.1 cm³/mol. The number of benzene rings is 1. The van der Waals surface area contributed by atoms with Crippen LogP contribution in [-0.4, -0.2) is 48.6 Å². The maximum atomic E-state index is 13.1. The molecule has 3 heterocycles. The van der Waals surface area contributed by atoms with E-state index in [9.17, 15) is 14.3 Å². The second kappa shape index (κ2) is 6.86. The van der Waals surface area contributed by atoms with Gasteiger partial charge in [0.25, 0.3) is 5.91 Å². The Hall–Kier alpha value is -3.16. The average molecular weight is 369 g/mol. The van der Waals surface area contributed by atoms with Crippen molar-refractivity contribution in [2.24, 2.45) is 13.0 Å². The van der Waals surface area contributed by atoms with Crippen LogP contribution in [0, 0.1) is 11.7 Å². The second-order valence-corrected chi connectivity index (χ2v) is 6.92. The summed E-state index contributed by atoms with van der Waals surface area (Å²) in [6.07, 6.45) is 6.97. The number of rotatable bonds is 4. The average Bonchev–Trinajstić information content (AvgIpc) is 3.36. The fraction of sp³-hybridized carbons (Fsp3) is 0.316. The van der Waals surface area contributed by atoms with E-state index in [0.29, 0.717) is 24.7 Å². The highest BCUT2D eigenvalue weighted by Crippen LogP contribution is 2.25. The Kier molecular flexibility index (Phi) is 4.39. The molecule has 0 spiro atoms. The van der Waals surface area contributed by atoms with E-state index < -0.39 is 0 Å². The number of likely N-dealkylation sites (tertiary alicyclic amines) is 1. The first-order valence-corrected chi connectivity index (χ1v) is 8.81. The molecular weight excluding hydrogens is 349 g/mol. The van der Waals surface area contributed by atoms with Crippen molar-refractivity contribution in [3.8, 4) is 11.4 Å². The molecule has 2 aromatic heterocycles. The SMILES string of the molecule is Cn1cc(CC2CCN(C(=O)c3nn(-c4ccc(F)cc4)cc3O)C2)cn1. The van der Waals surface area contributed by atoms with E-state index in [1.54, 1.807) is 9.58 Å². The van der Waals surface area contributed by atoms with Crippen molar-refractivity contribution < 1.29 is 14.3 Å². The first kappa shape index (κ1) is 17.3. The van der Waals surface area contributed by atoms with Crippen molar-refractivity contribution >= 4 is 5.91 Å². The molecule has 1 aromatic carbocycles. The van der Waals surface area contributed by atoms with Crippen LogP contribution in [0.1, 0.15) is 22.5 Å². The zero-order valence-corrected chi connectivity index (χ0v) is 14.9. The van der Waals surface area contributed by atoms with Crippen molar-refractivity contribution in [2.75, 3.05) is 13.1 Å². The van der Waals surface area contributed by atoms with Gasteiger partial charge in [0.2, 0.25) is 0 Å². The molecule has 0 aliphatic carbocycles. The van der Waals surface area contributed by atoms with E-state index in [4.69, 9.17) is 0 Å². The number of aromatic nitrogens is 4. The molecule has 1 aliphatic heterocycles. The predicted octanol–water partition coefficient (Wildman–Crippen LogP) is 2.16. The van der Waals surface area contributed by atoms with Crippen LogP contribution in [0.5, 0.6) is 5.75 Å². The zero-order valence-electron chi connectivity index (χ0n) is 14.9. The summed E-state index contributed by atoms with van der Waals surface area (Å²) >= 11 is 0. The van der Waals surface area contributed by atoms with E-state index in [-0.39, 0.29) is 23.2 Å². The normalized spacial score (nSPS) is 16.8. The van der Waals surface area contributed by atoms with Crippen molar-refractivity contribution in [1.29, 1.82) is 0 Å². The lowest BCUT2D eigenvalue weighted by atomic mass is 10.0. The number of carbonyl (C=O) groups is 1. The molecule has 1 fully saturated rings. The minimum absolute atomic E-state index is 0.0151. The number of hydrogen-bond donors (Lipinski definition) is 1. The van der Waals surface area contributed by atoms with E-state index >= 15 is 0 Å². The van der Waals surface area contributed by atoms with Crippen molar-refractivity contribution in [3.63, 3.8) is 0 Å². The quantitative estimate of drug-likeness (QED) is 0.765. The fourth-order valence-corrected chi connectivity index (χ4v) is 3.49.